The quantitative estimate of drug-likeness (QED) is 0.227. The Morgan fingerprint density at radius 3 is 2.41 bits per heavy atom. The van der Waals surface area contributed by atoms with Gasteiger partial charge in [-0.1, -0.05) is 29.8 Å². The number of hydrogen-bond acceptors (Lipinski definition) is 8. The summed E-state index contributed by atoms with van der Waals surface area (Å²) in [4.78, 5) is 12.6. The summed E-state index contributed by atoms with van der Waals surface area (Å²) >= 11 is 9.68. The van der Waals surface area contributed by atoms with Crippen molar-refractivity contribution in [3.05, 3.63) is 75.2 Å². The molecular weight excluding hydrogens is 614 g/mol. The molecule has 0 radical (unpaired) electrons. The molecular formula is C26H27BrClN3O7S. The molecule has 0 bridgehead atoms. The van der Waals surface area contributed by atoms with E-state index >= 15 is 0 Å². The molecule has 0 atom stereocenters. The summed E-state index contributed by atoms with van der Waals surface area (Å²) in [6, 6.07) is 15.4. The zero-order chi connectivity index (χ0) is 28.6. The van der Waals surface area contributed by atoms with Crippen LogP contribution in [0.5, 0.6) is 23.0 Å². The van der Waals surface area contributed by atoms with Gasteiger partial charge in [0.1, 0.15) is 24.7 Å². The number of nitrogens with zero attached hydrogens (tertiary/aromatic N) is 2. The average molecular weight is 641 g/mol. The fourth-order valence-electron chi connectivity index (χ4n) is 3.44. The normalized spacial score (nSPS) is 11.2. The molecule has 10 nitrogen and oxygen atoms in total. The maximum absolute atomic E-state index is 12.6. The van der Waals surface area contributed by atoms with Gasteiger partial charge in [-0.05, 0) is 51.8 Å². The minimum Gasteiger partial charge on any atom is -0.497 e. The molecule has 13 heteroatoms. The minimum absolute atomic E-state index is 0.152. The van der Waals surface area contributed by atoms with Crippen molar-refractivity contribution in [3.8, 4) is 23.0 Å². The molecule has 0 fully saturated rings. The van der Waals surface area contributed by atoms with Crippen molar-refractivity contribution in [2.75, 3.05) is 38.4 Å². The molecule has 0 aliphatic rings. The van der Waals surface area contributed by atoms with Gasteiger partial charge in [0.25, 0.3) is 5.91 Å². The van der Waals surface area contributed by atoms with E-state index in [0.717, 1.165) is 16.1 Å². The van der Waals surface area contributed by atoms with Gasteiger partial charge in [-0.3, -0.25) is 9.10 Å². The van der Waals surface area contributed by atoms with Crippen LogP contribution in [0.2, 0.25) is 5.02 Å². The number of nitrogens with one attached hydrogen (secondary N) is 1. The molecule has 39 heavy (non-hydrogen) atoms. The Bertz CT molecular complexity index is 1470. The lowest BCUT2D eigenvalue weighted by molar-refractivity contribution is -0.119. The first-order valence-electron chi connectivity index (χ1n) is 11.3. The largest absolute Gasteiger partial charge is 0.497 e. The number of rotatable bonds is 12. The highest BCUT2D eigenvalue weighted by atomic mass is 79.9. The van der Waals surface area contributed by atoms with E-state index in [4.69, 9.17) is 30.5 Å². The Morgan fingerprint density at radius 1 is 1.05 bits per heavy atom. The molecule has 1 N–H and O–H groups in total. The molecule has 0 unspecified atom stereocenters. The predicted molar refractivity (Wildman–Crippen MR) is 154 cm³/mol. The first-order valence-corrected chi connectivity index (χ1v) is 14.3. The van der Waals surface area contributed by atoms with E-state index < -0.39 is 22.5 Å². The summed E-state index contributed by atoms with van der Waals surface area (Å²) < 4.78 is 48.4. The molecule has 3 aromatic carbocycles. The van der Waals surface area contributed by atoms with Crippen molar-refractivity contribution in [1.29, 1.82) is 0 Å². The Kier molecular flexibility index (Phi) is 10.4. The van der Waals surface area contributed by atoms with Gasteiger partial charge in [0, 0.05) is 16.7 Å². The van der Waals surface area contributed by atoms with Gasteiger partial charge in [0.15, 0.2) is 11.5 Å². The van der Waals surface area contributed by atoms with Gasteiger partial charge in [-0.25, -0.2) is 13.8 Å². The number of anilines is 1. The van der Waals surface area contributed by atoms with E-state index in [9.17, 15) is 13.2 Å². The lowest BCUT2D eigenvalue weighted by Crippen LogP contribution is -2.39. The molecule has 0 aliphatic heterocycles. The summed E-state index contributed by atoms with van der Waals surface area (Å²) in [7, 11) is 0.490. The number of methoxy groups -OCH3 is 3. The van der Waals surface area contributed by atoms with E-state index in [-0.39, 0.29) is 18.0 Å². The summed E-state index contributed by atoms with van der Waals surface area (Å²) in [6.45, 7) is -0.311. The smallest absolute Gasteiger partial charge is 0.260 e. The second-order valence-electron chi connectivity index (χ2n) is 8.01. The molecule has 3 aromatic rings. The highest BCUT2D eigenvalue weighted by Gasteiger charge is 2.24. The molecule has 0 heterocycles. The third-order valence-corrected chi connectivity index (χ3v) is 7.41. The van der Waals surface area contributed by atoms with Crippen LogP contribution in [0, 0.1) is 0 Å². The summed E-state index contributed by atoms with van der Waals surface area (Å²) in [5.74, 6) is 0.877. The molecule has 3 rings (SSSR count). The maximum Gasteiger partial charge on any atom is 0.260 e. The van der Waals surface area contributed by atoms with Crippen LogP contribution in [0.15, 0.2) is 64.2 Å². The second-order valence-corrected chi connectivity index (χ2v) is 11.2. The molecule has 208 valence electrons. The monoisotopic (exact) mass is 639 g/mol. The Labute approximate surface area is 240 Å². The van der Waals surface area contributed by atoms with Crippen LogP contribution in [0.25, 0.3) is 0 Å². The van der Waals surface area contributed by atoms with Crippen molar-refractivity contribution in [2.24, 2.45) is 5.10 Å². The fraction of sp³-hybridized carbons (Fsp3) is 0.231. The fourth-order valence-corrected chi connectivity index (χ4v) is 5.05. The number of ether oxygens (including phenoxy) is 4. The third kappa shape index (κ3) is 8.01. The standard InChI is InChI=1S/C26H27BrClN3O7S/c1-35-19-9-10-23(36-2)22(13-19)31(39(4,33)34)15-25(32)30-29-14-17-11-20(27)26(24(12-17)37-3)38-16-18-7-5-6-8-21(18)28/h5-14H,15-16H2,1-4H3,(H,30,32)/b29-14-. The van der Waals surface area contributed by atoms with Crippen molar-refractivity contribution >= 4 is 55.4 Å². The number of halogens is 2. The van der Waals surface area contributed by atoms with Gasteiger partial charge in [-0.15, -0.1) is 0 Å². The summed E-state index contributed by atoms with van der Waals surface area (Å²) in [6.07, 6.45) is 2.38. The van der Waals surface area contributed by atoms with Crippen LogP contribution >= 0.6 is 27.5 Å². The Morgan fingerprint density at radius 2 is 1.77 bits per heavy atom. The number of hydrazone groups is 1. The van der Waals surface area contributed by atoms with Gasteiger partial charge < -0.3 is 18.9 Å². The predicted octanol–water partition coefficient (Wildman–Crippen LogP) is 4.62. The highest BCUT2D eigenvalue weighted by Crippen LogP contribution is 2.37. The lowest BCUT2D eigenvalue weighted by atomic mass is 10.2. The van der Waals surface area contributed by atoms with Crippen LogP contribution in [-0.2, 0) is 21.4 Å². The molecule has 0 aromatic heterocycles. The van der Waals surface area contributed by atoms with E-state index in [1.54, 1.807) is 30.3 Å². The van der Waals surface area contributed by atoms with Crippen molar-refractivity contribution < 1.29 is 32.2 Å². The van der Waals surface area contributed by atoms with Crippen molar-refractivity contribution in [3.63, 3.8) is 0 Å². The zero-order valence-corrected chi connectivity index (χ0v) is 24.8. The lowest BCUT2D eigenvalue weighted by Gasteiger charge is -2.23. The number of hydrogen-bond donors (Lipinski definition) is 1. The zero-order valence-electron chi connectivity index (χ0n) is 21.6. The van der Waals surface area contributed by atoms with Gasteiger partial charge >= 0.3 is 0 Å². The maximum atomic E-state index is 12.6. The number of carbonyl (C=O) groups excluding carboxylic acids is 1. The van der Waals surface area contributed by atoms with Crippen LogP contribution in [-0.4, -0.2) is 54.7 Å². The number of amides is 1. The first kappa shape index (κ1) is 30.1. The average Bonchev–Trinajstić information content (AvgIpc) is 2.90. The number of carbonyl (C=O) groups is 1. The summed E-state index contributed by atoms with van der Waals surface area (Å²) in [5, 5.41) is 4.55. The molecule has 1 amide bonds. The first-order chi connectivity index (χ1) is 18.6. The van der Waals surface area contributed by atoms with Crippen LogP contribution in [0.4, 0.5) is 5.69 Å². The van der Waals surface area contributed by atoms with E-state index in [2.05, 4.69) is 26.5 Å². The Hall–Kier alpha value is -3.48. The Balaban J connectivity index is 1.73. The molecule has 0 aliphatic carbocycles. The highest BCUT2D eigenvalue weighted by molar-refractivity contribution is 9.10. The van der Waals surface area contributed by atoms with Crippen molar-refractivity contribution in [1.82, 2.24) is 5.43 Å². The van der Waals surface area contributed by atoms with Crippen molar-refractivity contribution in [2.45, 2.75) is 6.61 Å². The number of benzene rings is 3. The van der Waals surface area contributed by atoms with Crippen LogP contribution < -0.4 is 28.7 Å². The number of sulfonamides is 1. The van der Waals surface area contributed by atoms with E-state index in [1.165, 1.54) is 33.6 Å². The van der Waals surface area contributed by atoms with E-state index in [0.29, 0.717) is 32.3 Å². The topological polar surface area (TPSA) is 116 Å². The molecule has 0 spiro atoms. The van der Waals surface area contributed by atoms with Gasteiger partial charge in [0.2, 0.25) is 10.0 Å². The second kappa shape index (κ2) is 13.5. The summed E-state index contributed by atoms with van der Waals surface area (Å²) in [5.41, 5.74) is 3.89. The van der Waals surface area contributed by atoms with Crippen LogP contribution in [0.1, 0.15) is 11.1 Å². The van der Waals surface area contributed by atoms with Gasteiger partial charge in [-0.2, -0.15) is 5.10 Å². The van der Waals surface area contributed by atoms with Gasteiger partial charge in [0.05, 0.1) is 44.0 Å². The SMILES string of the molecule is COc1ccc(OC)c(N(CC(=O)N/N=C\c2cc(Br)c(OCc3ccccc3Cl)c(OC)c2)S(C)(=O)=O)c1. The molecule has 0 saturated carbocycles. The minimum atomic E-state index is -3.86. The molecule has 0 saturated heterocycles. The van der Waals surface area contributed by atoms with Crippen LogP contribution in [0.3, 0.4) is 0 Å². The van der Waals surface area contributed by atoms with E-state index in [1.807, 2.05) is 18.2 Å². The third-order valence-electron chi connectivity index (χ3n) is 5.33.